The number of ether oxygens (including phenoxy) is 1. The second-order valence-electron chi connectivity index (χ2n) is 6.93. The molecule has 0 fully saturated rings. The van der Waals surface area contributed by atoms with Gasteiger partial charge in [0.1, 0.15) is 12.4 Å². The number of aromatic amines is 1. The van der Waals surface area contributed by atoms with Gasteiger partial charge in [-0.3, -0.25) is 23.8 Å². The molecule has 0 radical (unpaired) electrons. The Labute approximate surface area is 169 Å². The highest BCUT2D eigenvalue weighted by Crippen LogP contribution is 2.27. The van der Waals surface area contributed by atoms with Crippen LogP contribution in [-0.2, 0) is 28.8 Å². The Hall–Kier alpha value is -3.09. The van der Waals surface area contributed by atoms with E-state index >= 15 is 0 Å². The smallest absolute Gasteiger partial charge is 0.383 e. The Bertz CT molecular complexity index is 1010. The van der Waals surface area contributed by atoms with Gasteiger partial charge in [-0.05, 0) is 12.0 Å². The molecule has 0 unspecified atom stereocenters. The van der Waals surface area contributed by atoms with Gasteiger partial charge in [0.25, 0.3) is 5.56 Å². The number of anilines is 2. The van der Waals surface area contributed by atoms with Crippen molar-refractivity contribution in [3.05, 3.63) is 38.8 Å². The molecule has 1 amide bonds. The van der Waals surface area contributed by atoms with Gasteiger partial charge in [0.2, 0.25) is 5.91 Å². The van der Waals surface area contributed by atoms with Gasteiger partial charge in [-0.2, -0.15) is 18.3 Å². The van der Waals surface area contributed by atoms with Crippen LogP contribution in [0.4, 0.5) is 24.7 Å². The van der Waals surface area contributed by atoms with Crippen molar-refractivity contribution in [1.82, 2.24) is 19.3 Å². The highest BCUT2D eigenvalue weighted by Gasteiger charge is 2.34. The normalized spacial score (nSPS) is 11.8. The Morgan fingerprint density at radius 3 is 2.57 bits per heavy atom. The zero-order valence-corrected chi connectivity index (χ0v) is 16.7. The lowest BCUT2D eigenvalue weighted by Crippen LogP contribution is -2.44. The van der Waals surface area contributed by atoms with Crippen molar-refractivity contribution in [3.63, 3.8) is 0 Å². The molecule has 0 aliphatic heterocycles. The molecule has 2 aromatic rings. The first kappa shape index (κ1) is 23.2. The van der Waals surface area contributed by atoms with Gasteiger partial charge in [0.05, 0.1) is 6.61 Å². The van der Waals surface area contributed by atoms with Gasteiger partial charge in [0, 0.05) is 26.4 Å². The average molecular weight is 432 g/mol. The number of halogens is 3. The molecule has 30 heavy (non-hydrogen) atoms. The second kappa shape index (κ2) is 9.15. The molecular weight excluding hydrogens is 409 g/mol. The second-order valence-corrected chi connectivity index (χ2v) is 6.93. The van der Waals surface area contributed by atoms with Crippen LogP contribution in [0.2, 0.25) is 0 Å². The molecule has 0 bridgehead atoms. The fourth-order valence-corrected chi connectivity index (χ4v) is 2.75. The van der Waals surface area contributed by atoms with Crippen molar-refractivity contribution >= 4 is 17.4 Å². The predicted octanol–water partition coefficient (Wildman–Crippen LogP) is 0.670. The minimum Gasteiger partial charge on any atom is -0.383 e. The van der Waals surface area contributed by atoms with Crippen LogP contribution in [-0.4, -0.2) is 45.5 Å². The van der Waals surface area contributed by atoms with Gasteiger partial charge >= 0.3 is 11.9 Å². The Morgan fingerprint density at radius 2 is 2.03 bits per heavy atom. The molecule has 0 spiro atoms. The molecule has 0 atom stereocenters. The zero-order valence-electron chi connectivity index (χ0n) is 16.7. The highest BCUT2D eigenvalue weighted by atomic mass is 19.4. The molecule has 0 saturated heterocycles. The molecule has 2 aromatic heterocycles. The number of nitrogen functional groups attached to an aromatic ring is 1. The van der Waals surface area contributed by atoms with E-state index in [4.69, 9.17) is 10.5 Å². The maximum Gasteiger partial charge on any atom is 0.435 e. The first-order valence-corrected chi connectivity index (χ1v) is 8.98. The van der Waals surface area contributed by atoms with Crippen LogP contribution in [0.15, 0.2) is 21.9 Å². The average Bonchev–Trinajstić information content (AvgIpc) is 3.09. The molecule has 0 saturated carbocycles. The number of carbonyl (C=O) groups excluding carboxylic acids is 1. The number of alkyl halides is 3. The van der Waals surface area contributed by atoms with Crippen molar-refractivity contribution < 1.29 is 22.7 Å². The summed E-state index contributed by atoms with van der Waals surface area (Å²) in [6, 6.07) is 0.733. The summed E-state index contributed by atoms with van der Waals surface area (Å²) in [5.41, 5.74) is 2.99. The van der Waals surface area contributed by atoms with Crippen molar-refractivity contribution in [2.45, 2.75) is 33.1 Å². The number of nitrogens with one attached hydrogen (secondary N) is 1. The third-order valence-electron chi connectivity index (χ3n) is 4.08. The molecule has 2 heterocycles. The van der Waals surface area contributed by atoms with E-state index in [0.717, 1.165) is 26.4 Å². The Morgan fingerprint density at radius 1 is 1.37 bits per heavy atom. The van der Waals surface area contributed by atoms with Crippen LogP contribution < -0.4 is 21.9 Å². The lowest BCUT2D eigenvalue weighted by atomic mass is 10.2. The topological polar surface area (TPSA) is 128 Å². The molecule has 3 N–H and O–H groups in total. The molecule has 0 aliphatic carbocycles. The fraction of sp³-hybridized carbons (Fsp3) is 0.529. The molecule has 13 heteroatoms. The first-order chi connectivity index (χ1) is 14.0. The van der Waals surface area contributed by atoms with E-state index in [9.17, 15) is 27.6 Å². The number of nitrogens with zero attached hydrogens (tertiary/aromatic N) is 4. The van der Waals surface area contributed by atoms with E-state index in [2.05, 4.69) is 10.1 Å². The lowest BCUT2D eigenvalue weighted by molar-refractivity contribution is -0.141. The molecule has 2 rings (SSSR count). The van der Waals surface area contributed by atoms with E-state index in [1.165, 1.54) is 7.11 Å². The third kappa shape index (κ3) is 5.28. The van der Waals surface area contributed by atoms with Crippen molar-refractivity contribution in [2.24, 2.45) is 5.92 Å². The molecule has 10 nitrogen and oxygen atoms in total. The number of H-pyrrole nitrogens is 1. The quantitative estimate of drug-likeness (QED) is 0.631. The Kier molecular flexibility index (Phi) is 7.08. The molecular formula is C17H23F3N6O4. The van der Waals surface area contributed by atoms with Crippen LogP contribution in [0.5, 0.6) is 0 Å². The van der Waals surface area contributed by atoms with E-state index in [0.29, 0.717) is 0 Å². The summed E-state index contributed by atoms with van der Waals surface area (Å²) >= 11 is 0. The highest BCUT2D eigenvalue weighted by molar-refractivity contribution is 5.95. The van der Waals surface area contributed by atoms with Crippen molar-refractivity contribution in [1.29, 1.82) is 0 Å². The monoisotopic (exact) mass is 432 g/mol. The van der Waals surface area contributed by atoms with Gasteiger partial charge in [-0.1, -0.05) is 13.8 Å². The van der Waals surface area contributed by atoms with Crippen LogP contribution >= 0.6 is 0 Å². The van der Waals surface area contributed by atoms with Crippen molar-refractivity contribution in [3.8, 4) is 0 Å². The van der Waals surface area contributed by atoms with E-state index < -0.39 is 35.6 Å². The molecule has 166 valence electrons. The predicted molar refractivity (Wildman–Crippen MR) is 102 cm³/mol. The van der Waals surface area contributed by atoms with Crippen LogP contribution in [0, 0.1) is 5.92 Å². The summed E-state index contributed by atoms with van der Waals surface area (Å²) in [4.78, 5) is 40.5. The summed E-state index contributed by atoms with van der Waals surface area (Å²) in [5, 5.41) is 3.33. The van der Waals surface area contributed by atoms with E-state index in [1.54, 1.807) is 0 Å². The summed E-state index contributed by atoms with van der Waals surface area (Å²) in [7, 11) is 1.37. The Balaban J connectivity index is 2.44. The minimum absolute atomic E-state index is 0.0109. The fourth-order valence-electron chi connectivity index (χ4n) is 2.75. The lowest BCUT2D eigenvalue weighted by Gasteiger charge is -2.24. The van der Waals surface area contributed by atoms with Crippen LogP contribution in [0.25, 0.3) is 0 Å². The summed E-state index contributed by atoms with van der Waals surface area (Å²) < 4.78 is 45.1. The SMILES string of the molecule is COCCN(C(=O)Cn1ccc(C(F)(F)F)n1)c1c(N)n(CC(C)C)c(=O)[nH]c1=O. The van der Waals surface area contributed by atoms with E-state index in [1.807, 2.05) is 13.8 Å². The number of amides is 1. The number of nitrogens with two attached hydrogens (primary N) is 1. The number of hydrogen-bond acceptors (Lipinski definition) is 6. The largest absolute Gasteiger partial charge is 0.435 e. The number of methoxy groups -OCH3 is 1. The maximum atomic E-state index is 12.8. The number of carbonyl (C=O) groups is 1. The number of rotatable bonds is 8. The first-order valence-electron chi connectivity index (χ1n) is 8.98. The van der Waals surface area contributed by atoms with Gasteiger partial charge in [0.15, 0.2) is 11.4 Å². The number of hydrogen-bond donors (Lipinski definition) is 2. The molecule has 0 aromatic carbocycles. The minimum atomic E-state index is -4.65. The van der Waals surface area contributed by atoms with E-state index in [-0.39, 0.29) is 37.1 Å². The standard InChI is InChI=1S/C17H23F3N6O4/c1-10(2)8-26-14(21)13(15(28)22-16(26)29)25(6-7-30-3)12(27)9-24-5-4-11(23-24)17(18,19)20/h4-5,10H,6-9,21H2,1-3H3,(H,22,28,29). The number of aromatic nitrogens is 4. The van der Waals surface area contributed by atoms with Crippen LogP contribution in [0.3, 0.4) is 0 Å². The van der Waals surface area contributed by atoms with Gasteiger partial charge < -0.3 is 15.4 Å². The van der Waals surface area contributed by atoms with Crippen LogP contribution in [0.1, 0.15) is 19.5 Å². The zero-order chi connectivity index (χ0) is 22.6. The summed E-state index contributed by atoms with van der Waals surface area (Å²) in [6.45, 7) is 3.18. The summed E-state index contributed by atoms with van der Waals surface area (Å²) in [5.74, 6) is -0.967. The third-order valence-corrected chi connectivity index (χ3v) is 4.08. The van der Waals surface area contributed by atoms with Crippen molar-refractivity contribution in [2.75, 3.05) is 30.9 Å². The van der Waals surface area contributed by atoms with Gasteiger partial charge in [-0.15, -0.1) is 0 Å². The maximum absolute atomic E-state index is 12.8. The van der Waals surface area contributed by atoms with Gasteiger partial charge in [-0.25, -0.2) is 4.79 Å². The summed E-state index contributed by atoms with van der Waals surface area (Å²) in [6.07, 6.45) is -3.65. The molecule has 0 aliphatic rings.